The van der Waals surface area contributed by atoms with E-state index in [1.165, 1.54) is 25.9 Å². The molecule has 2 unspecified atom stereocenters. The van der Waals surface area contributed by atoms with Gasteiger partial charge >= 0.3 is 0 Å². The van der Waals surface area contributed by atoms with Crippen LogP contribution >= 0.6 is 0 Å². The van der Waals surface area contributed by atoms with Crippen molar-refractivity contribution in [2.45, 2.75) is 39.2 Å². The molecule has 1 fully saturated rings. The number of hydrogen-bond acceptors (Lipinski definition) is 4. The number of hydrogen-bond donors (Lipinski definition) is 3. The van der Waals surface area contributed by atoms with Gasteiger partial charge in [-0.25, -0.2) is 4.99 Å². The Bertz CT molecular complexity index is 554. The molecular formula is C18H34N6O. The van der Waals surface area contributed by atoms with Gasteiger partial charge in [0.15, 0.2) is 5.96 Å². The molecule has 2 atom stereocenters. The number of aliphatic imine (C=N–C) groups is 1. The van der Waals surface area contributed by atoms with Crippen LogP contribution in [0.2, 0.25) is 0 Å². The maximum absolute atomic E-state index is 10.7. The van der Waals surface area contributed by atoms with Gasteiger partial charge < -0.3 is 20.6 Å². The molecule has 1 aliphatic rings. The molecular weight excluding hydrogens is 316 g/mol. The van der Waals surface area contributed by atoms with E-state index in [0.29, 0.717) is 0 Å². The zero-order valence-corrected chi connectivity index (χ0v) is 16.1. The summed E-state index contributed by atoms with van der Waals surface area (Å²) in [6.07, 6.45) is 6.15. The number of nitrogens with one attached hydrogen (secondary N) is 2. The van der Waals surface area contributed by atoms with Crippen molar-refractivity contribution in [2.75, 3.05) is 39.3 Å². The summed E-state index contributed by atoms with van der Waals surface area (Å²) in [6.45, 7) is 11.5. The van der Waals surface area contributed by atoms with Gasteiger partial charge in [0.1, 0.15) is 5.60 Å². The zero-order chi connectivity index (χ0) is 18.3. The molecule has 0 spiro atoms. The zero-order valence-electron chi connectivity index (χ0n) is 16.1. The third-order valence-corrected chi connectivity index (χ3v) is 4.68. The number of nitrogens with zero attached hydrogens (tertiary/aromatic N) is 4. The third-order valence-electron chi connectivity index (χ3n) is 4.68. The molecule has 2 rings (SSSR count). The van der Waals surface area contributed by atoms with Gasteiger partial charge in [-0.05, 0) is 39.2 Å². The second-order valence-corrected chi connectivity index (χ2v) is 7.35. The molecule has 2 heterocycles. The molecule has 0 bridgehead atoms. The van der Waals surface area contributed by atoms with Gasteiger partial charge in [0.2, 0.25) is 0 Å². The molecule has 1 aliphatic heterocycles. The Labute approximate surface area is 151 Å². The first kappa shape index (κ1) is 19.7. The van der Waals surface area contributed by atoms with Gasteiger partial charge in [0, 0.05) is 45.0 Å². The van der Waals surface area contributed by atoms with Crippen molar-refractivity contribution < 1.29 is 5.11 Å². The normalized spacial score (nSPS) is 21.8. The monoisotopic (exact) mass is 350 g/mol. The van der Waals surface area contributed by atoms with Crippen LogP contribution in [0.4, 0.5) is 0 Å². The Morgan fingerprint density at radius 1 is 1.48 bits per heavy atom. The van der Waals surface area contributed by atoms with Crippen molar-refractivity contribution in [1.82, 2.24) is 25.3 Å². The lowest BCUT2D eigenvalue weighted by molar-refractivity contribution is 0.0671. The van der Waals surface area contributed by atoms with Gasteiger partial charge in [-0.1, -0.05) is 6.92 Å². The van der Waals surface area contributed by atoms with Crippen LogP contribution in [0.25, 0.3) is 0 Å². The summed E-state index contributed by atoms with van der Waals surface area (Å²) in [5, 5.41) is 21.4. The van der Waals surface area contributed by atoms with Crippen LogP contribution in [-0.4, -0.2) is 65.0 Å². The van der Waals surface area contributed by atoms with Crippen LogP contribution < -0.4 is 10.6 Å². The lowest BCUT2D eigenvalue weighted by Crippen LogP contribution is -2.44. The van der Waals surface area contributed by atoms with Gasteiger partial charge in [-0.2, -0.15) is 5.10 Å². The molecule has 142 valence electrons. The van der Waals surface area contributed by atoms with E-state index in [0.717, 1.165) is 37.1 Å². The summed E-state index contributed by atoms with van der Waals surface area (Å²) in [6, 6.07) is 0. The minimum Gasteiger partial charge on any atom is -0.383 e. The van der Waals surface area contributed by atoms with Crippen molar-refractivity contribution in [2.24, 2.45) is 18.0 Å². The molecule has 1 aromatic rings. The van der Waals surface area contributed by atoms with Crippen molar-refractivity contribution >= 4 is 5.96 Å². The number of likely N-dealkylation sites (tertiary alicyclic amines) is 1. The van der Waals surface area contributed by atoms with E-state index >= 15 is 0 Å². The van der Waals surface area contributed by atoms with Crippen LogP contribution in [0.15, 0.2) is 17.4 Å². The molecule has 3 N–H and O–H groups in total. The smallest absolute Gasteiger partial charge is 0.191 e. The first-order valence-corrected chi connectivity index (χ1v) is 9.36. The van der Waals surface area contributed by atoms with Crippen LogP contribution in [0.5, 0.6) is 0 Å². The fourth-order valence-electron chi connectivity index (χ4n) is 3.19. The highest BCUT2D eigenvalue weighted by molar-refractivity contribution is 5.79. The van der Waals surface area contributed by atoms with E-state index in [2.05, 4.69) is 32.5 Å². The summed E-state index contributed by atoms with van der Waals surface area (Å²) in [5.41, 5.74) is -0.254. The van der Waals surface area contributed by atoms with Crippen LogP contribution in [0.3, 0.4) is 0 Å². The highest BCUT2D eigenvalue weighted by Crippen LogP contribution is 2.19. The summed E-state index contributed by atoms with van der Waals surface area (Å²) >= 11 is 0. The van der Waals surface area contributed by atoms with Gasteiger partial charge in [0.05, 0.1) is 12.7 Å². The minimum atomic E-state index is -1.03. The lowest BCUT2D eigenvalue weighted by atomic mass is 10.0. The van der Waals surface area contributed by atoms with E-state index in [1.807, 2.05) is 20.2 Å². The fourth-order valence-corrected chi connectivity index (χ4v) is 3.19. The molecule has 0 aromatic carbocycles. The molecule has 7 heteroatoms. The highest BCUT2D eigenvalue weighted by Gasteiger charge is 2.24. The average molecular weight is 351 g/mol. The predicted molar refractivity (Wildman–Crippen MR) is 102 cm³/mol. The summed E-state index contributed by atoms with van der Waals surface area (Å²) in [4.78, 5) is 7.07. The number of aryl methyl sites for hydroxylation is 1. The predicted octanol–water partition coefficient (Wildman–Crippen LogP) is 0.915. The van der Waals surface area contributed by atoms with Crippen molar-refractivity contribution in [3.8, 4) is 0 Å². The van der Waals surface area contributed by atoms with Crippen LogP contribution in [-0.2, 0) is 12.6 Å². The Hall–Kier alpha value is -1.60. The van der Waals surface area contributed by atoms with Crippen molar-refractivity contribution in [1.29, 1.82) is 0 Å². The molecule has 1 saturated heterocycles. The van der Waals surface area contributed by atoms with Gasteiger partial charge in [0.25, 0.3) is 0 Å². The van der Waals surface area contributed by atoms with E-state index in [4.69, 9.17) is 0 Å². The molecule has 25 heavy (non-hydrogen) atoms. The lowest BCUT2D eigenvalue weighted by Gasteiger charge is -2.31. The van der Waals surface area contributed by atoms with Gasteiger partial charge in [-0.3, -0.25) is 4.68 Å². The fraction of sp³-hybridized carbons (Fsp3) is 0.778. The topological polar surface area (TPSA) is 77.7 Å². The standard InChI is InChI=1S/C18H34N6O/c1-5-19-17(20-8-10-24-9-6-7-15(2)12-24)21-14-18(3,25)16-11-22-23(4)13-16/h11,13,15,25H,5-10,12,14H2,1-4H3,(H2,19,20,21). The molecule has 0 aliphatic carbocycles. The Kier molecular flexibility index (Phi) is 7.25. The number of guanidine groups is 1. The van der Waals surface area contributed by atoms with E-state index in [9.17, 15) is 5.11 Å². The maximum Gasteiger partial charge on any atom is 0.191 e. The second-order valence-electron chi connectivity index (χ2n) is 7.35. The van der Waals surface area contributed by atoms with Gasteiger partial charge in [-0.15, -0.1) is 0 Å². The van der Waals surface area contributed by atoms with E-state index in [-0.39, 0.29) is 6.54 Å². The minimum absolute atomic E-state index is 0.286. The summed E-state index contributed by atoms with van der Waals surface area (Å²) < 4.78 is 1.69. The quantitative estimate of drug-likeness (QED) is 0.503. The van der Waals surface area contributed by atoms with Crippen LogP contribution in [0, 0.1) is 5.92 Å². The molecule has 7 nitrogen and oxygen atoms in total. The highest BCUT2D eigenvalue weighted by atomic mass is 16.3. The second kappa shape index (κ2) is 9.20. The molecule has 0 saturated carbocycles. The largest absolute Gasteiger partial charge is 0.383 e. The average Bonchev–Trinajstić information content (AvgIpc) is 3.00. The summed E-state index contributed by atoms with van der Waals surface area (Å²) in [5.74, 6) is 1.54. The Morgan fingerprint density at radius 2 is 2.28 bits per heavy atom. The first-order chi connectivity index (χ1) is 11.9. The molecule has 0 radical (unpaired) electrons. The number of piperidine rings is 1. The number of aromatic nitrogens is 2. The molecule has 0 amide bonds. The third kappa shape index (κ3) is 6.32. The van der Waals surface area contributed by atoms with Crippen LogP contribution in [0.1, 0.15) is 39.2 Å². The Morgan fingerprint density at radius 3 is 2.92 bits per heavy atom. The SMILES string of the molecule is CCNC(=NCC(C)(O)c1cnn(C)c1)NCCN1CCCC(C)C1. The van der Waals surface area contributed by atoms with E-state index < -0.39 is 5.60 Å². The number of aliphatic hydroxyl groups is 1. The molecule has 1 aromatic heterocycles. The van der Waals surface area contributed by atoms with Crippen molar-refractivity contribution in [3.63, 3.8) is 0 Å². The number of rotatable bonds is 7. The first-order valence-electron chi connectivity index (χ1n) is 9.36. The van der Waals surface area contributed by atoms with E-state index in [1.54, 1.807) is 17.8 Å². The maximum atomic E-state index is 10.7. The summed E-state index contributed by atoms with van der Waals surface area (Å²) in [7, 11) is 1.84. The van der Waals surface area contributed by atoms with Crippen molar-refractivity contribution in [3.05, 3.63) is 18.0 Å². The Balaban J connectivity index is 1.85.